The number of cyclic esters (lactones) is 2. The molecular weight excluding hydrogens is 141 g/mol. The van der Waals surface area contributed by atoms with Gasteiger partial charge in [0.25, 0.3) is 0 Å². The molecule has 1 fully saturated rings. The molecule has 6 heteroatoms. The van der Waals surface area contributed by atoms with Crippen LogP contribution in [0.25, 0.3) is 0 Å². The number of hydrogen-bond acceptors (Lipinski definition) is 3. The zero-order valence-corrected chi connectivity index (χ0v) is 4.36. The molecule has 0 aromatic heterocycles. The van der Waals surface area contributed by atoms with Crippen molar-refractivity contribution in [1.29, 1.82) is 0 Å². The van der Waals surface area contributed by atoms with Crippen molar-refractivity contribution in [2.75, 3.05) is 13.2 Å². The van der Waals surface area contributed by atoms with Crippen LogP contribution in [0.5, 0.6) is 0 Å². The Hall–Kier alpha value is -0.940. The molecular formula is C3H7F3O3. The lowest BCUT2D eigenvalue weighted by Gasteiger charge is -1.78. The van der Waals surface area contributed by atoms with E-state index in [0.717, 1.165) is 0 Å². The molecule has 0 spiro atoms. The third-order valence-corrected chi connectivity index (χ3v) is 0.523. The Bertz CT molecular complexity index is 68.7. The van der Waals surface area contributed by atoms with Gasteiger partial charge in [-0.3, -0.25) is 14.1 Å². The van der Waals surface area contributed by atoms with Crippen LogP contribution < -0.4 is 0 Å². The van der Waals surface area contributed by atoms with Crippen LogP contribution in [0.2, 0.25) is 0 Å². The Kier molecular flexibility index (Phi) is 12.3. The average Bonchev–Trinajstić information content (AvgIpc) is 1.86. The molecule has 58 valence electrons. The summed E-state index contributed by atoms with van der Waals surface area (Å²) in [6.07, 6.45) is -0.546. The SMILES string of the molecule is F.F.F.O=C1OCCO1. The second kappa shape index (κ2) is 7.06. The molecule has 0 atom stereocenters. The zero-order chi connectivity index (χ0) is 4.41. The number of hydrogen-bond donors (Lipinski definition) is 0. The van der Waals surface area contributed by atoms with Crippen LogP contribution in [0.15, 0.2) is 0 Å². The second-order valence-electron chi connectivity index (χ2n) is 0.947. The number of carbonyl (C=O) groups is 1. The standard InChI is InChI=1S/C3H4O3.3FH/c4-3-5-1-2-6-3;;;/h1-2H2;3*1H. The third kappa shape index (κ3) is 4.92. The summed E-state index contributed by atoms with van der Waals surface area (Å²) in [6.45, 7) is 0.831. The normalized spacial score (nSPS) is 13.1. The molecule has 0 amide bonds. The maximum Gasteiger partial charge on any atom is 0.508 e. The summed E-state index contributed by atoms with van der Waals surface area (Å²) in [5, 5.41) is 0. The average molecular weight is 148 g/mol. The molecule has 9 heavy (non-hydrogen) atoms. The molecule has 0 radical (unpaired) electrons. The molecule has 3 nitrogen and oxygen atoms in total. The van der Waals surface area contributed by atoms with Gasteiger partial charge >= 0.3 is 6.16 Å². The van der Waals surface area contributed by atoms with Gasteiger partial charge in [0.05, 0.1) is 0 Å². The summed E-state index contributed by atoms with van der Waals surface area (Å²) in [5.74, 6) is 0. The lowest BCUT2D eigenvalue weighted by molar-refractivity contribution is 0.131. The molecule has 0 saturated carbocycles. The highest BCUT2D eigenvalue weighted by Crippen LogP contribution is 1.92. The van der Waals surface area contributed by atoms with Gasteiger partial charge in [-0.2, -0.15) is 0 Å². The van der Waals surface area contributed by atoms with E-state index in [1.165, 1.54) is 0 Å². The monoisotopic (exact) mass is 148 g/mol. The smallest absolute Gasteiger partial charge is 0.431 e. The Morgan fingerprint density at radius 2 is 1.33 bits per heavy atom. The number of halogens is 3. The first-order valence-corrected chi connectivity index (χ1v) is 1.69. The van der Waals surface area contributed by atoms with E-state index in [-0.39, 0.29) is 14.1 Å². The topological polar surface area (TPSA) is 35.5 Å². The van der Waals surface area contributed by atoms with Crippen LogP contribution >= 0.6 is 0 Å². The molecule has 1 heterocycles. The van der Waals surface area contributed by atoms with Crippen molar-refractivity contribution in [2.45, 2.75) is 0 Å². The van der Waals surface area contributed by atoms with Gasteiger partial charge in [-0.1, -0.05) is 0 Å². The van der Waals surface area contributed by atoms with Gasteiger partial charge in [0.15, 0.2) is 0 Å². The predicted octanol–water partition coefficient (Wildman–Crippen LogP) is 0.611. The summed E-state index contributed by atoms with van der Waals surface area (Å²) in [4.78, 5) is 9.80. The van der Waals surface area contributed by atoms with E-state index in [2.05, 4.69) is 9.47 Å². The van der Waals surface area contributed by atoms with Gasteiger partial charge in [0.2, 0.25) is 0 Å². The molecule has 0 bridgehead atoms. The van der Waals surface area contributed by atoms with Crippen molar-refractivity contribution >= 4 is 6.16 Å². The van der Waals surface area contributed by atoms with Crippen molar-refractivity contribution in [3.8, 4) is 0 Å². The summed E-state index contributed by atoms with van der Waals surface area (Å²) < 4.78 is 8.58. The lowest BCUT2D eigenvalue weighted by Crippen LogP contribution is -1.88. The highest BCUT2D eigenvalue weighted by Gasteiger charge is 2.09. The van der Waals surface area contributed by atoms with E-state index in [0.29, 0.717) is 13.2 Å². The second-order valence-corrected chi connectivity index (χ2v) is 0.947. The van der Waals surface area contributed by atoms with Crippen LogP contribution in [-0.2, 0) is 9.47 Å². The first-order valence-electron chi connectivity index (χ1n) is 1.69. The Morgan fingerprint density at radius 1 is 1.00 bits per heavy atom. The highest BCUT2D eigenvalue weighted by molar-refractivity contribution is 5.61. The van der Waals surface area contributed by atoms with Gasteiger partial charge in [0.1, 0.15) is 13.2 Å². The van der Waals surface area contributed by atoms with Gasteiger partial charge in [-0.05, 0) is 0 Å². The molecule has 1 saturated heterocycles. The Morgan fingerprint density at radius 3 is 1.44 bits per heavy atom. The highest BCUT2D eigenvalue weighted by atomic mass is 19.0. The number of rotatable bonds is 0. The largest absolute Gasteiger partial charge is 0.508 e. The molecule has 0 aromatic carbocycles. The summed E-state index contributed by atoms with van der Waals surface area (Å²) >= 11 is 0. The van der Waals surface area contributed by atoms with Crippen molar-refractivity contribution in [3.05, 3.63) is 0 Å². The number of carbonyl (C=O) groups excluding carboxylic acids is 1. The maximum atomic E-state index is 9.80. The fraction of sp³-hybridized carbons (Fsp3) is 0.667. The first kappa shape index (κ1) is 15.7. The van der Waals surface area contributed by atoms with Crippen LogP contribution in [0.3, 0.4) is 0 Å². The number of ether oxygens (including phenoxy) is 2. The fourth-order valence-electron chi connectivity index (χ4n) is 0.292. The molecule has 0 aromatic rings. The van der Waals surface area contributed by atoms with Gasteiger partial charge in [-0.15, -0.1) is 0 Å². The van der Waals surface area contributed by atoms with Crippen LogP contribution in [0.4, 0.5) is 18.9 Å². The third-order valence-electron chi connectivity index (χ3n) is 0.523. The lowest BCUT2D eigenvalue weighted by atomic mass is 10.8. The van der Waals surface area contributed by atoms with Gasteiger partial charge < -0.3 is 9.47 Å². The Labute approximate surface area is 49.0 Å². The van der Waals surface area contributed by atoms with Crippen LogP contribution in [-0.4, -0.2) is 19.4 Å². The van der Waals surface area contributed by atoms with E-state index in [1.807, 2.05) is 0 Å². The van der Waals surface area contributed by atoms with E-state index in [4.69, 9.17) is 0 Å². The van der Waals surface area contributed by atoms with E-state index in [1.54, 1.807) is 0 Å². The molecule has 0 aliphatic carbocycles. The predicted molar refractivity (Wildman–Crippen MR) is 24.8 cm³/mol. The first-order chi connectivity index (χ1) is 2.89. The molecule has 1 aliphatic heterocycles. The molecule has 1 rings (SSSR count). The Balaban J connectivity index is -0.000000120. The minimum atomic E-state index is -0.546. The quantitative estimate of drug-likeness (QED) is 0.472. The molecule has 0 N–H and O–H groups in total. The van der Waals surface area contributed by atoms with Crippen LogP contribution in [0, 0.1) is 0 Å². The van der Waals surface area contributed by atoms with Crippen molar-refractivity contribution in [3.63, 3.8) is 0 Å². The summed E-state index contributed by atoms with van der Waals surface area (Å²) in [6, 6.07) is 0. The van der Waals surface area contributed by atoms with E-state index < -0.39 is 6.16 Å². The van der Waals surface area contributed by atoms with Gasteiger partial charge in [-0.25, -0.2) is 4.79 Å². The summed E-state index contributed by atoms with van der Waals surface area (Å²) in [7, 11) is 0. The summed E-state index contributed by atoms with van der Waals surface area (Å²) in [5.41, 5.74) is 0. The van der Waals surface area contributed by atoms with E-state index >= 15 is 0 Å². The minimum Gasteiger partial charge on any atom is -0.431 e. The van der Waals surface area contributed by atoms with Crippen molar-refractivity contribution < 1.29 is 28.4 Å². The maximum absolute atomic E-state index is 9.80. The van der Waals surface area contributed by atoms with Crippen molar-refractivity contribution in [2.24, 2.45) is 0 Å². The van der Waals surface area contributed by atoms with E-state index in [9.17, 15) is 4.79 Å². The van der Waals surface area contributed by atoms with Crippen molar-refractivity contribution in [1.82, 2.24) is 0 Å². The zero-order valence-electron chi connectivity index (χ0n) is 4.36. The van der Waals surface area contributed by atoms with Crippen LogP contribution in [0.1, 0.15) is 0 Å². The van der Waals surface area contributed by atoms with Gasteiger partial charge in [0, 0.05) is 0 Å². The minimum absolute atomic E-state index is 0. The molecule has 1 aliphatic rings. The molecule has 0 unspecified atom stereocenters. The fourth-order valence-corrected chi connectivity index (χ4v) is 0.292.